The normalized spacial score (nSPS) is 22.1. The number of fused-ring (bicyclic) bond motifs is 2. The Morgan fingerprint density at radius 3 is 2.75 bits per heavy atom. The number of hydrogen-bond acceptors (Lipinski definition) is 6. The number of carbonyl (C=O) groups excluding carboxylic acids is 1. The fraction of sp³-hybridized carbons (Fsp3) is 0.455. The minimum Gasteiger partial charge on any atom is -0.462 e. The molecule has 3 atom stereocenters. The lowest BCUT2D eigenvalue weighted by Crippen LogP contribution is -2.56. The molecular formula is C33H35F3N6O2. The molecule has 1 aromatic heterocycles. The number of halogens is 3. The van der Waals surface area contributed by atoms with Crippen molar-refractivity contribution in [1.29, 1.82) is 0 Å². The maximum Gasteiger partial charge on any atom is 0.319 e. The third-order valence-corrected chi connectivity index (χ3v) is 9.09. The fourth-order valence-electron chi connectivity index (χ4n) is 6.82. The first-order valence-corrected chi connectivity index (χ1v) is 15.1. The first-order chi connectivity index (χ1) is 21.3. The van der Waals surface area contributed by atoms with Crippen LogP contribution in [-0.2, 0) is 17.6 Å². The van der Waals surface area contributed by atoms with Crippen LogP contribution in [0.4, 0.5) is 19.0 Å². The van der Waals surface area contributed by atoms with Gasteiger partial charge in [-0.15, -0.1) is 0 Å². The van der Waals surface area contributed by atoms with Crippen LogP contribution in [0.2, 0.25) is 0 Å². The number of aryl methyl sites for hydroxylation is 1. The van der Waals surface area contributed by atoms with Crippen LogP contribution >= 0.6 is 0 Å². The molecule has 3 aromatic rings. The Kier molecular flexibility index (Phi) is 8.45. The molecule has 11 heteroatoms. The Labute approximate surface area is 254 Å². The number of benzene rings is 2. The molecule has 0 spiro atoms. The molecule has 2 aromatic carbocycles. The first kappa shape index (κ1) is 29.9. The van der Waals surface area contributed by atoms with E-state index in [0.717, 1.165) is 36.8 Å². The Morgan fingerprint density at radius 1 is 1.18 bits per heavy atom. The molecular weight excluding hydrogens is 569 g/mol. The molecule has 2 aliphatic heterocycles. The summed E-state index contributed by atoms with van der Waals surface area (Å²) in [6.45, 7) is 12.3. The maximum absolute atomic E-state index is 16.6. The van der Waals surface area contributed by atoms with Gasteiger partial charge in [-0.2, -0.15) is 9.97 Å². The van der Waals surface area contributed by atoms with Gasteiger partial charge in [-0.05, 0) is 68.0 Å². The standard InChI is InChI=1S/C33H35F3N6O2/c1-4-28(43)42-13-12-41(18-23(42)16-37-2)32-26-15-27(35)29(25-11-7-9-20-8-5-6-10-24(20)25)30(36)31(26)38-33(39-32)44-19-22-14-21(34)17-40(22)3/h4,7,9,11,15,21-23H,1,5-6,8,10,12-14,16-19H2,3H3/t21-,22+,23+/m1/s1. The largest absolute Gasteiger partial charge is 0.462 e. The summed E-state index contributed by atoms with van der Waals surface area (Å²) in [5, 5.41) is 0.174. The van der Waals surface area contributed by atoms with Gasteiger partial charge in [0.15, 0.2) is 5.82 Å². The lowest BCUT2D eigenvalue weighted by Gasteiger charge is -2.39. The average Bonchev–Trinajstić information content (AvgIpc) is 3.36. The number of nitrogens with zero attached hydrogens (tertiary/aromatic N) is 6. The monoisotopic (exact) mass is 604 g/mol. The van der Waals surface area contributed by atoms with Gasteiger partial charge in [0, 0.05) is 37.6 Å². The summed E-state index contributed by atoms with van der Waals surface area (Å²) in [4.78, 5) is 30.3. The lowest BCUT2D eigenvalue weighted by atomic mass is 9.85. The molecule has 44 heavy (non-hydrogen) atoms. The molecule has 2 saturated heterocycles. The van der Waals surface area contributed by atoms with Crippen LogP contribution in [0.25, 0.3) is 26.9 Å². The predicted octanol–water partition coefficient (Wildman–Crippen LogP) is 5.00. The van der Waals surface area contributed by atoms with Crippen LogP contribution in [0.1, 0.15) is 30.4 Å². The van der Waals surface area contributed by atoms with Crippen molar-refractivity contribution in [2.45, 2.75) is 50.4 Å². The van der Waals surface area contributed by atoms with E-state index in [1.807, 2.05) is 29.0 Å². The number of piperazine rings is 1. The molecule has 230 valence electrons. The fourth-order valence-corrected chi connectivity index (χ4v) is 6.82. The Hall–Kier alpha value is -4.17. The maximum atomic E-state index is 16.6. The summed E-state index contributed by atoms with van der Waals surface area (Å²) in [7, 11) is 1.82. The van der Waals surface area contributed by atoms with Gasteiger partial charge in [0.2, 0.25) is 12.5 Å². The molecule has 1 aliphatic carbocycles. The van der Waals surface area contributed by atoms with Crippen LogP contribution in [0, 0.1) is 18.2 Å². The van der Waals surface area contributed by atoms with Gasteiger partial charge in [-0.3, -0.25) is 9.69 Å². The number of carbonyl (C=O) groups is 1. The Morgan fingerprint density at radius 2 is 2.00 bits per heavy atom. The zero-order valence-corrected chi connectivity index (χ0v) is 24.7. The summed E-state index contributed by atoms with van der Waals surface area (Å²) in [5.41, 5.74) is 2.37. The van der Waals surface area contributed by atoms with Gasteiger partial charge in [0.05, 0.1) is 5.56 Å². The van der Waals surface area contributed by atoms with E-state index in [4.69, 9.17) is 11.3 Å². The van der Waals surface area contributed by atoms with Crippen LogP contribution in [0.15, 0.2) is 36.9 Å². The third-order valence-electron chi connectivity index (χ3n) is 9.09. The molecule has 1 amide bonds. The number of amides is 1. The SMILES string of the molecule is [C-]#[N+]C[C@H]1CN(c2nc(OC[C@@H]3C[C@@H](F)CN3C)nc3c(F)c(-c4cccc5c4CCCC5)c(F)cc23)CCN1C(=O)C=C. The van der Waals surface area contributed by atoms with Crippen molar-refractivity contribution in [2.75, 3.05) is 51.3 Å². The van der Waals surface area contributed by atoms with Gasteiger partial charge in [-0.1, -0.05) is 24.8 Å². The van der Waals surface area contributed by atoms with E-state index in [1.54, 1.807) is 11.0 Å². The Bertz CT molecular complexity index is 1640. The van der Waals surface area contributed by atoms with Crippen LogP contribution in [-0.4, -0.2) is 90.3 Å². The Balaban J connectivity index is 1.45. The second-order valence-electron chi connectivity index (χ2n) is 11.8. The van der Waals surface area contributed by atoms with E-state index < -0.39 is 23.8 Å². The quantitative estimate of drug-likeness (QED) is 0.280. The molecule has 0 bridgehead atoms. The topological polar surface area (TPSA) is 66.2 Å². The second kappa shape index (κ2) is 12.4. The average molecular weight is 605 g/mol. The zero-order chi connectivity index (χ0) is 31.0. The number of ether oxygens (including phenoxy) is 1. The van der Waals surface area contributed by atoms with Gasteiger partial charge in [-0.25, -0.2) is 19.7 Å². The summed E-state index contributed by atoms with van der Waals surface area (Å²) < 4.78 is 52.6. The predicted molar refractivity (Wildman–Crippen MR) is 162 cm³/mol. The second-order valence-corrected chi connectivity index (χ2v) is 11.8. The minimum absolute atomic E-state index is 0.0485. The van der Waals surface area contributed by atoms with Gasteiger partial charge >= 0.3 is 6.01 Å². The van der Waals surface area contributed by atoms with E-state index in [0.29, 0.717) is 25.1 Å². The number of aromatic nitrogens is 2. The molecule has 3 aliphatic rings. The van der Waals surface area contributed by atoms with E-state index in [9.17, 15) is 9.18 Å². The summed E-state index contributed by atoms with van der Waals surface area (Å²) >= 11 is 0. The molecule has 0 radical (unpaired) electrons. The summed E-state index contributed by atoms with van der Waals surface area (Å²) in [5.74, 6) is -1.54. The zero-order valence-electron chi connectivity index (χ0n) is 24.7. The molecule has 8 nitrogen and oxygen atoms in total. The van der Waals surface area contributed by atoms with Crippen LogP contribution in [0.3, 0.4) is 0 Å². The van der Waals surface area contributed by atoms with Gasteiger partial charge < -0.3 is 19.4 Å². The van der Waals surface area contributed by atoms with E-state index in [2.05, 4.69) is 21.4 Å². The highest BCUT2D eigenvalue weighted by atomic mass is 19.1. The van der Waals surface area contributed by atoms with E-state index in [-0.39, 0.29) is 66.5 Å². The highest BCUT2D eigenvalue weighted by Crippen LogP contribution is 2.39. The molecule has 6 rings (SSSR count). The number of hydrogen-bond donors (Lipinski definition) is 0. The number of likely N-dealkylation sites (tertiary alicyclic amines) is 1. The highest BCUT2D eigenvalue weighted by Gasteiger charge is 2.35. The van der Waals surface area contributed by atoms with Crippen molar-refractivity contribution in [3.05, 3.63) is 71.1 Å². The molecule has 0 unspecified atom stereocenters. The van der Waals surface area contributed by atoms with Crippen LogP contribution in [0.5, 0.6) is 6.01 Å². The summed E-state index contributed by atoms with van der Waals surface area (Å²) in [6, 6.07) is 6.11. The number of rotatable bonds is 7. The lowest BCUT2D eigenvalue weighted by molar-refractivity contribution is -0.128. The first-order valence-electron chi connectivity index (χ1n) is 15.1. The smallest absolute Gasteiger partial charge is 0.319 e. The van der Waals surface area contributed by atoms with Crippen LogP contribution < -0.4 is 9.64 Å². The molecule has 3 heterocycles. The van der Waals surface area contributed by atoms with Gasteiger partial charge in [0.25, 0.3) is 0 Å². The van der Waals surface area contributed by atoms with Crippen molar-refractivity contribution >= 4 is 22.6 Å². The summed E-state index contributed by atoms with van der Waals surface area (Å²) in [6.07, 6.45) is 4.16. The third kappa shape index (κ3) is 5.59. The number of alkyl halides is 1. The molecule has 0 saturated carbocycles. The minimum atomic E-state index is -0.963. The van der Waals surface area contributed by atoms with Crippen molar-refractivity contribution in [3.63, 3.8) is 0 Å². The molecule has 0 N–H and O–H groups in total. The highest BCUT2D eigenvalue weighted by molar-refractivity contribution is 5.94. The van der Waals surface area contributed by atoms with Gasteiger partial charge in [0.1, 0.15) is 36.0 Å². The van der Waals surface area contributed by atoms with E-state index in [1.165, 1.54) is 12.1 Å². The molecule has 2 fully saturated rings. The van der Waals surface area contributed by atoms with Crippen molar-refractivity contribution in [1.82, 2.24) is 19.8 Å². The van der Waals surface area contributed by atoms with Crippen molar-refractivity contribution in [2.24, 2.45) is 0 Å². The number of likely N-dealkylation sites (N-methyl/N-ethyl adjacent to an activating group) is 1. The van der Waals surface area contributed by atoms with Crippen molar-refractivity contribution < 1.29 is 22.7 Å². The van der Waals surface area contributed by atoms with E-state index >= 15 is 8.78 Å². The van der Waals surface area contributed by atoms with Crippen molar-refractivity contribution in [3.8, 4) is 17.1 Å². The number of anilines is 1.